The summed E-state index contributed by atoms with van der Waals surface area (Å²) in [5, 5.41) is 3.11. The van der Waals surface area contributed by atoms with E-state index in [1.807, 2.05) is 60.7 Å². The number of hydrogen-bond donors (Lipinski definition) is 0. The van der Waals surface area contributed by atoms with Crippen molar-refractivity contribution in [3.63, 3.8) is 0 Å². The van der Waals surface area contributed by atoms with E-state index in [0.29, 0.717) is 0 Å². The zero-order chi connectivity index (χ0) is 13.6. The van der Waals surface area contributed by atoms with Gasteiger partial charge in [-0.15, -0.1) is 0 Å². The van der Waals surface area contributed by atoms with Crippen LogP contribution in [0, 0.1) is 0 Å². The van der Waals surface area contributed by atoms with Crippen LogP contribution in [0.15, 0.2) is 60.7 Å². The van der Waals surface area contributed by atoms with Gasteiger partial charge in [0.05, 0.1) is 0 Å². The molecule has 0 atom stereocenters. The predicted molar refractivity (Wildman–Crippen MR) is 85.2 cm³/mol. The van der Waals surface area contributed by atoms with Crippen LogP contribution in [0.2, 0.25) is 5.32 Å². The molecule has 0 N–H and O–H groups in total. The van der Waals surface area contributed by atoms with Gasteiger partial charge in [-0.3, -0.25) is 0 Å². The van der Waals surface area contributed by atoms with E-state index in [-0.39, 0.29) is 14.5 Å². The molecule has 3 heteroatoms. The van der Waals surface area contributed by atoms with Crippen LogP contribution in [-0.2, 0) is 4.57 Å². The van der Waals surface area contributed by atoms with Crippen molar-refractivity contribution >= 4 is 31.0 Å². The van der Waals surface area contributed by atoms with Crippen molar-refractivity contribution in [3.8, 4) is 0 Å². The van der Waals surface area contributed by atoms with Crippen LogP contribution in [0.25, 0.3) is 0 Å². The Balaban J connectivity index is 2.36. The average Bonchev–Trinajstić information content (AvgIpc) is 2.49. The maximum atomic E-state index is 13.5. The molecule has 100 valence electrons. The van der Waals surface area contributed by atoms with Crippen LogP contribution in [0.1, 0.15) is 19.8 Å². The Morgan fingerprint density at radius 2 is 1.37 bits per heavy atom. The summed E-state index contributed by atoms with van der Waals surface area (Å²) < 4.78 is 13.5. The fourth-order valence-corrected chi connectivity index (χ4v) is 10.4. The molecule has 19 heavy (non-hydrogen) atoms. The Labute approximate surface area is 121 Å². The molecule has 0 bridgehead atoms. The second-order valence-electron chi connectivity index (χ2n) is 4.41. The number of rotatable bonds is 6. The molecule has 0 aliphatic carbocycles. The molecule has 2 aromatic rings. The quantitative estimate of drug-likeness (QED) is 0.445. The van der Waals surface area contributed by atoms with E-state index in [2.05, 4.69) is 6.92 Å². The predicted octanol–water partition coefficient (Wildman–Crippen LogP) is 3.84. The fraction of sp³-hybridized carbons (Fsp3) is 0.250. The monoisotopic (exact) mass is 338 g/mol. The van der Waals surface area contributed by atoms with E-state index in [9.17, 15) is 4.57 Å². The van der Waals surface area contributed by atoms with Gasteiger partial charge in [-0.25, -0.2) is 0 Å². The molecule has 0 saturated carbocycles. The van der Waals surface area contributed by atoms with Gasteiger partial charge in [0, 0.05) is 0 Å². The van der Waals surface area contributed by atoms with Crippen molar-refractivity contribution in [1.29, 1.82) is 0 Å². The van der Waals surface area contributed by atoms with Gasteiger partial charge in [0.1, 0.15) is 0 Å². The third kappa shape index (κ3) is 3.60. The van der Waals surface area contributed by atoms with Gasteiger partial charge >= 0.3 is 121 Å². The fourth-order valence-electron chi connectivity index (χ4n) is 1.88. The molecular weight excluding hydrogens is 318 g/mol. The Bertz CT molecular complexity index is 496. The summed E-state index contributed by atoms with van der Waals surface area (Å²) in [6.45, 7) is 2.19. The van der Waals surface area contributed by atoms with Crippen LogP contribution in [0.5, 0.6) is 0 Å². The van der Waals surface area contributed by atoms with E-state index in [4.69, 9.17) is 0 Å². The van der Waals surface area contributed by atoms with Gasteiger partial charge in [-0.05, 0) is 0 Å². The zero-order valence-corrected chi connectivity index (χ0v) is 13.8. The first kappa shape index (κ1) is 14.6. The van der Waals surface area contributed by atoms with Gasteiger partial charge in [0.25, 0.3) is 0 Å². The minimum atomic E-state index is -2.39. The first-order valence-electron chi connectivity index (χ1n) is 6.63. The number of hydrogen-bond acceptors (Lipinski definition) is 1. The van der Waals surface area contributed by atoms with E-state index in [0.717, 1.165) is 15.9 Å². The van der Waals surface area contributed by atoms with Gasteiger partial charge in [-0.2, -0.15) is 0 Å². The van der Waals surface area contributed by atoms with Crippen LogP contribution in [0.4, 0.5) is 0 Å². The number of unbranched alkanes of at least 4 members (excludes halogenated alkanes) is 1. The summed E-state index contributed by atoms with van der Waals surface area (Å²) in [6.07, 6.45) is 2.34. The van der Waals surface area contributed by atoms with Crippen LogP contribution in [0.3, 0.4) is 0 Å². The Hall–Kier alpha value is -0.811. The second kappa shape index (κ2) is 7.10. The molecule has 0 aliphatic rings. The standard InChI is InChI=1S/C16H19OPSe/c1-2-3-14-19-18(17,15-10-6-4-7-11-15)16-12-8-5-9-13-16/h4-13H,2-3,14H2,1H3. The topological polar surface area (TPSA) is 17.1 Å². The molecule has 0 spiro atoms. The molecule has 2 aromatic carbocycles. The first-order valence-corrected chi connectivity index (χ1v) is 11.8. The Morgan fingerprint density at radius 3 is 1.79 bits per heavy atom. The molecular formula is C16H19OPSe. The molecule has 0 amide bonds. The molecule has 0 radical (unpaired) electrons. The van der Waals surface area contributed by atoms with Gasteiger partial charge in [0.2, 0.25) is 0 Å². The summed E-state index contributed by atoms with van der Waals surface area (Å²) in [6, 6.07) is 20.0. The van der Waals surface area contributed by atoms with Gasteiger partial charge < -0.3 is 0 Å². The molecule has 0 saturated heterocycles. The minimum absolute atomic E-state index is 0.145. The van der Waals surface area contributed by atoms with Crippen LogP contribution < -0.4 is 10.6 Å². The molecule has 1 nitrogen and oxygen atoms in total. The summed E-state index contributed by atoms with van der Waals surface area (Å²) in [7, 11) is 0. The second-order valence-corrected chi connectivity index (χ2v) is 12.5. The Morgan fingerprint density at radius 1 is 0.895 bits per heavy atom. The maximum absolute atomic E-state index is 13.5. The molecule has 0 fully saturated rings. The van der Waals surface area contributed by atoms with Gasteiger partial charge in [0.15, 0.2) is 0 Å². The van der Waals surface area contributed by atoms with Crippen molar-refractivity contribution in [2.24, 2.45) is 0 Å². The third-order valence-corrected chi connectivity index (χ3v) is 12.2. The van der Waals surface area contributed by atoms with Crippen molar-refractivity contribution in [3.05, 3.63) is 60.7 Å². The molecule has 0 aromatic heterocycles. The molecule has 2 rings (SSSR count). The van der Waals surface area contributed by atoms with Crippen molar-refractivity contribution in [2.75, 3.05) is 0 Å². The van der Waals surface area contributed by atoms with E-state index in [1.54, 1.807) is 0 Å². The zero-order valence-electron chi connectivity index (χ0n) is 11.2. The summed E-state index contributed by atoms with van der Waals surface area (Å²) >= 11 is 0.145. The SMILES string of the molecule is CCCC[Se]P(=O)(c1ccccc1)c1ccccc1. The Kier molecular flexibility index (Phi) is 5.45. The van der Waals surface area contributed by atoms with Crippen molar-refractivity contribution < 1.29 is 4.57 Å². The third-order valence-electron chi connectivity index (χ3n) is 2.96. The van der Waals surface area contributed by atoms with Crippen LogP contribution >= 0.6 is 5.83 Å². The van der Waals surface area contributed by atoms with Crippen LogP contribution in [-0.4, -0.2) is 14.5 Å². The summed E-state index contributed by atoms with van der Waals surface area (Å²) in [4.78, 5) is 0. The average molecular weight is 337 g/mol. The van der Waals surface area contributed by atoms with Crippen molar-refractivity contribution in [1.82, 2.24) is 0 Å². The van der Waals surface area contributed by atoms with E-state index >= 15 is 0 Å². The summed E-state index contributed by atoms with van der Waals surface area (Å²) in [5.74, 6) is -2.39. The molecule has 0 heterocycles. The number of benzene rings is 2. The normalized spacial score (nSPS) is 11.4. The molecule has 0 aliphatic heterocycles. The van der Waals surface area contributed by atoms with Gasteiger partial charge in [-0.1, -0.05) is 0 Å². The van der Waals surface area contributed by atoms with E-state index in [1.165, 1.54) is 12.8 Å². The first-order chi connectivity index (χ1) is 9.27. The van der Waals surface area contributed by atoms with Crippen molar-refractivity contribution in [2.45, 2.75) is 25.1 Å². The van der Waals surface area contributed by atoms with E-state index < -0.39 is 5.83 Å². The summed E-state index contributed by atoms with van der Waals surface area (Å²) in [5.41, 5.74) is 0. The molecule has 0 unspecified atom stereocenters.